The summed E-state index contributed by atoms with van der Waals surface area (Å²) in [5, 5.41) is 9.39. The number of alkyl halides is 2. The van der Waals surface area contributed by atoms with Crippen molar-refractivity contribution in [3.05, 3.63) is 54.2 Å². The highest BCUT2D eigenvalue weighted by atomic mass is 19.3. The number of carbonyl (C=O) groups excluding carboxylic acids is 1. The summed E-state index contributed by atoms with van der Waals surface area (Å²) < 4.78 is 27.0. The molecule has 0 atom stereocenters. The first-order valence-electron chi connectivity index (χ1n) is 10.7. The van der Waals surface area contributed by atoms with E-state index in [-0.39, 0.29) is 19.0 Å². The molecule has 0 aromatic carbocycles. The van der Waals surface area contributed by atoms with Gasteiger partial charge in [0, 0.05) is 54.3 Å². The van der Waals surface area contributed by atoms with Crippen LogP contribution in [0, 0.1) is 6.92 Å². The normalized spacial score (nSPS) is 13.9. The molecule has 1 amide bonds. The standard InChI is InChI=1S/C23H22F2N8O/c1-13-17(9-27-10-18(13)26)19-4-14-5-21(29-8-15(14)7-28-19)30-22-6-16-2-3-32(11-20(24)25)23(34)12-33(16)31-22/h4-10,20H,2-3,11-12,26H2,1H3,(H,29,30,31). The molecule has 3 N–H and O–H groups in total. The van der Waals surface area contributed by atoms with Gasteiger partial charge < -0.3 is 16.0 Å². The zero-order valence-corrected chi connectivity index (χ0v) is 18.4. The number of aromatic nitrogens is 5. The predicted molar refractivity (Wildman–Crippen MR) is 124 cm³/mol. The minimum absolute atomic E-state index is 0.0719. The first kappa shape index (κ1) is 21.7. The molecule has 11 heteroatoms. The Morgan fingerprint density at radius 1 is 1.09 bits per heavy atom. The van der Waals surface area contributed by atoms with E-state index < -0.39 is 13.0 Å². The van der Waals surface area contributed by atoms with Gasteiger partial charge in [0.25, 0.3) is 6.43 Å². The number of fused-ring (bicyclic) bond motifs is 2. The predicted octanol–water partition coefficient (Wildman–Crippen LogP) is 3.17. The molecule has 4 aromatic rings. The molecule has 0 fully saturated rings. The SMILES string of the molecule is Cc1c(N)cncc1-c1cc2cc(Nc3cc4n(n3)CC(=O)N(CC(F)F)CC4)ncc2cn1. The third-order valence-electron chi connectivity index (χ3n) is 5.89. The molecule has 0 spiro atoms. The second kappa shape index (κ2) is 8.65. The molecule has 34 heavy (non-hydrogen) atoms. The van der Waals surface area contributed by atoms with Crippen LogP contribution in [0.5, 0.6) is 0 Å². The largest absolute Gasteiger partial charge is 0.397 e. The average Bonchev–Trinajstić information content (AvgIpc) is 3.11. The van der Waals surface area contributed by atoms with Crippen molar-refractivity contribution in [3.63, 3.8) is 0 Å². The molecule has 1 aliphatic rings. The van der Waals surface area contributed by atoms with Crippen LogP contribution >= 0.6 is 0 Å². The Labute approximate surface area is 193 Å². The number of anilines is 3. The van der Waals surface area contributed by atoms with Gasteiger partial charge in [0.1, 0.15) is 12.4 Å². The Hall–Kier alpha value is -4.15. The van der Waals surface area contributed by atoms with Gasteiger partial charge in [-0.25, -0.2) is 13.8 Å². The van der Waals surface area contributed by atoms with Crippen LogP contribution < -0.4 is 11.1 Å². The molecule has 0 unspecified atom stereocenters. The van der Waals surface area contributed by atoms with Crippen LogP contribution in [0.1, 0.15) is 11.3 Å². The van der Waals surface area contributed by atoms with E-state index in [4.69, 9.17) is 5.73 Å². The number of hydrogen-bond acceptors (Lipinski definition) is 7. The van der Waals surface area contributed by atoms with Crippen molar-refractivity contribution in [2.45, 2.75) is 26.3 Å². The van der Waals surface area contributed by atoms with Gasteiger partial charge in [0.2, 0.25) is 5.91 Å². The summed E-state index contributed by atoms with van der Waals surface area (Å²) in [6.45, 7) is 1.53. The Balaban J connectivity index is 1.38. The Morgan fingerprint density at radius 2 is 1.91 bits per heavy atom. The van der Waals surface area contributed by atoms with E-state index in [2.05, 4.69) is 25.4 Å². The molecule has 5 heterocycles. The maximum Gasteiger partial charge on any atom is 0.255 e. The van der Waals surface area contributed by atoms with E-state index in [1.54, 1.807) is 29.5 Å². The van der Waals surface area contributed by atoms with Crippen LogP contribution in [-0.4, -0.2) is 55.1 Å². The van der Waals surface area contributed by atoms with Crippen LogP contribution in [-0.2, 0) is 17.8 Å². The second-order valence-electron chi connectivity index (χ2n) is 8.17. The molecular weight excluding hydrogens is 442 g/mol. The highest BCUT2D eigenvalue weighted by Gasteiger charge is 2.24. The lowest BCUT2D eigenvalue weighted by Gasteiger charge is -2.19. The number of nitrogens with one attached hydrogen (secondary N) is 1. The molecule has 0 bridgehead atoms. The second-order valence-corrected chi connectivity index (χ2v) is 8.17. The summed E-state index contributed by atoms with van der Waals surface area (Å²) in [6, 6.07) is 5.64. The van der Waals surface area contributed by atoms with E-state index >= 15 is 0 Å². The summed E-state index contributed by atoms with van der Waals surface area (Å²) in [5.74, 6) is 0.733. The monoisotopic (exact) mass is 464 g/mol. The summed E-state index contributed by atoms with van der Waals surface area (Å²) >= 11 is 0. The number of hydrogen-bond donors (Lipinski definition) is 2. The number of carbonyl (C=O) groups is 1. The molecule has 5 rings (SSSR count). The maximum absolute atomic E-state index is 12.7. The smallest absolute Gasteiger partial charge is 0.255 e. The zero-order valence-electron chi connectivity index (χ0n) is 18.4. The average molecular weight is 464 g/mol. The first-order valence-corrected chi connectivity index (χ1v) is 10.7. The van der Waals surface area contributed by atoms with Crippen molar-refractivity contribution in [1.29, 1.82) is 0 Å². The fraction of sp³-hybridized carbons (Fsp3) is 0.261. The topological polar surface area (TPSA) is 115 Å². The highest BCUT2D eigenvalue weighted by Crippen LogP contribution is 2.28. The van der Waals surface area contributed by atoms with E-state index in [0.29, 0.717) is 23.7 Å². The number of halogens is 2. The van der Waals surface area contributed by atoms with Gasteiger partial charge >= 0.3 is 0 Å². The number of nitrogen functional groups attached to an aromatic ring is 1. The number of nitrogens with zero attached hydrogens (tertiary/aromatic N) is 6. The van der Waals surface area contributed by atoms with Crippen molar-refractivity contribution >= 4 is 34.0 Å². The summed E-state index contributed by atoms with van der Waals surface area (Å²) in [5.41, 5.74) is 9.92. The molecule has 0 radical (unpaired) electrons. The Morgan fingerprint density at radius 3 is 2.74 bits per heavy atom. The fourth-order valence-electron chi connectivity index (χ4n) is 4.00. The van der Waals surface area contributed by atoms with Crippen LogP contribution in [0.2, 0.25) is 0 Å². The lowest BCUT2D eigenvalue weighted by Crippen LogP contribution is -2.36. The minimum Gasteiger partial charge on any atom is -0.397 e. The van der Waals surface area contributed by atoms with Gasteiger partial charge in [-0.15, -0.1) is 0 Å². The molecular formula is C23H22F2N8O. The third-order valence-corrected chi connectivity index (χ3v) is 5.89. The van der Waals surface area contributed by atoms with Crippen LogP contribution in [0.3, 0.4) is 0 Å². The molecule has 0 saturated heterocycles. The van der Waals surface area contributed by atoms with E-state index in [1.165, 1.54) is 4.90 Å². The Bertz CT molecular complexity index is 1390. The van der Waals surface area contributed by atoms with Gasteiger partial charge in [0.15, 0.2) is 5.82 Å². The van der Waals surface area contributed by atoms with E-state index in [0.717, 1.165) is 33.3 Å². The number of pyridine rings is 3. The minimum atomic E-state index is -2.55. The van der Waals surface area contributed by atoms with Crippen LogP contribution in [0.15, 0.2) is 43.0 Å². The van der Waals surface area contributed by atoms with Crippen LogP contribution in [0.4, 0.5) is 26.1 Å². The fourth-order valence-corrected chi connectivity index (χ4v) is 4.00. The number of rotatable bonds is 5. The van der Waals surface area contributed by atoms with E-state index in [1.807, 2.05) is 25.1 Å². The lowest BCUT2D eigenvalue weighted by molar-refractivity contribution is -0.133. The molecule has 0 saturated carbocycles. The van der Waals surface area contributed by atoms with Gasteiger partial charge in [-0.05, 0) is 30.0 Å². The quantitative estimate of drug-likeness (QED) is 0.466. The zero-order chi connectivity index (χ0) is 23.8. The van der Waals surface area contributed by atoms with Crippen LogP contribution in [0.25, 0.3) is 22.0 Å². The Kier molecular flexibility index (Phi) is 5.52. The summed E-state index contributed by atoms with van der Waals surface area (Å²) in [6.07, 6.45) is 4.71. The molecule has 4 aromatic heterocycles. The van der Waals surface area contributed by atoms with Gasteiger partial charge in [-0.1, -0.05) is 0 Å². The highest BCUT2D eigenvalue weighted by molar-refractivity contribution is 5.87. The number of nitrogens with two attached hydrogens (primary N) is 1. The van der Waals surface area contributed by atoms with Crippen molar-refractivity contribution in [2.75, 3.05) is 24.1 Å². The van der Waals surface area contributed by atoms with Gasteiger partial charge in [0.05, 0.1) is 24.1 Å². The first-order chi connectivity index (χ1) is 16.4. The van der Waals surface area contributed by atoms with Crippen molar-refractivity contribution < 1.29 is 13.6 Å². The molecule has 0 aliphatic carbocycles. The van der Waals surface area contributed by atoms with Gasteiger partial charge in [-0.3, -0.25) is 19.4 Å². The van der Waals surface area contributed by atoms with E-state index in [9.17, 15) is 13.6 Å². The van der Waals surface area contributed by atoms with Crippen molar-refractivity contribution in [2.24, 2.45) is 0 Å². The number of amides is 1. The summed E-state index contributed by atoms with van der Waals surface area (Å²) in [4.78, 5) is 26.6. The molecule has 174 valence electrons. The summed E-state index contributed by atoms with van der Waals surface area (Å²) in [7, 11) is 0. The van der Waals surface area contributed by atoms with Crippen molar-refractivity contribution in [1.82, 2.24) is 29.6 Å². The molecule has 9 nitrogen and oxygen atoms in total. The molecule has 1 aliphatic heterocycles. The van der Waals surface area contributed by atoms with Gasteiger partial charge in [-0.2, -0.15) is 5.10 Å². The third kappa shape index (κ3) is 4.24. The van der Waals surface area contributed by atoms with Crippen molar-refractivity contribution in [3.8, 4) is 11.3 Å². The maximum atomic E-state index is 12.7. The lowest BCUT2D eigenvalue weighted by atomic mass is 10.0.